The number of fused-ring (bicyclic) bond motifs is 2. The summed E-state index contributed by atoms with van der Waals surface area (Å²) in [4.78, 5) is 16.3. The summed E-state index contributed by atoms with van der Waals surface area (Å²) in [5.41, 5.74) is 6.31. The zero-order valence-electron chi connectivity index (χ0n) is 20.1. The van der Waals surface area contributed by atoms with Crippen molar-refractivity contribution in [2.75, 3.05) is 11.9 Å². The number of rotatable bonds is 6. The van der Waals surface area contributed by atoms with Gasteiger partial charge in [-0.3, -0.25) is 9.69 Å². The number of nitrogens with zero attached hydrogens (tertiary/aromatic N) is 2. The Kier molecular flexibility index (Phi) is 6.99. The van der Waals surface area contributed by atoms with Gasteiger partial charge in [0.25, 0.3) is 0 Å². The summed E-state index contributed by atoms with van der Waals surface area (Å²) in [6, 6.07) is 15.4. The maximum atomic E-state index is 13.6. The molecule has 0 spiro atoms. The number of nitriles is 1. The summed E-state index contributed by atoms with van der Waals surface area (Å²) in [5.74, 6) is 0.421. The number of nitrogens with one attached hydrogen (secondary N) is 1. The second kappa shape index (κ2) is 10.3. The van der Waals surface area contributed by atoms with Crippen molar-refractivity contribution < 1.29 is 9.18 Å². The van der Waals surface area contributed by atoms with Crippen LogP contribution in [0.2, 0.25) is 0 Å². The van der Waals surface area contributed by atoms with Gasteiger partial charge in [0.05, 0.1) is 12.0 Å². The van der Waals surface area contributed by atoms with Gasteiger partial charge in [-0.2, -0.15) is 5.26 Å². The largest absolute Gasteiger partial charge is 0.316 e. The molecule has 1 N–H and O–H groups in total. The Morgan fingerprint density at radius 3 is 2.89 bits per heavy atom. The van der Waals surface area contributed by atoms with Gasteiger partial charge in [-0.15, -0.1) is 11.3 Å². The third-order valence-corrected chi connectivity index (χ3v) is 8.54. The zero-order chi connectivity index (χ0) is 24.4. The van der Waals surface area contributed by atoms with Gasteiger partial charge in [0.2, 0.25) is 5.91 Å². The van der Waals surface area contributed by atoms with E-state index in [1.54, 1.807) is 12.1 Å². The van der Waals surface area contributed by atoms with E-state index >= 15 is 0 Å². The standard InChI is InChI=1S/C29H30FN3OS/c1-2-19-6-8-22-9-7-20(13-23(22)12-19)15-28(34)32-29-25(16-31)26-18-33(11-10-27(26)35-29)17-21-4-3-5-24(30)14-21/h3-5,7,9,13-14,19H,2,6,8,10-12,15,17-18H2,1H3,(H,32,34). The van der Waals surface area contributed by atoms with E-state index in [1.807, 2.05) is 6.07 Å². The molecule has 1 atom stereocenters. The van der Waals surface area contributed by atoms with Crippen LogP contribution in [-0.4, -0.2) is 17.4 Å². The minimum atomic E-state index is -0.234. The van der Waals surface area contributed by atoms with Crippen LogP contribution < -0.4 is 5.32 Å². The molecular weight excluding hydrogens is 457 g/mol. The van der Waals surface area contributed by atoms with Gasteiger partial charge in [-0.05, 0) is 66.0 Å². The summed E-state index contributed by atoms with van der Waals surface area (Å²) in [6.07, 6.45) is 5.81. The Hall–Kier alpha value is -3.01. The summed E-state index contributed by atoms with van der Waals surface area (Å²) in [5, 5.41) is 13.6. The van der Waals surface area contributed by atoms with Crippen molar-refractivity contribution in [1.82, 2.24) is 4.90 Å². The first kappa shape index (κ1) is 23.7. The molecule has 6 heteroatoms. The highest BCUT2D eigenvalue weighted by atomic mass is 32.1. The molecule has 2 aromatic carbocycles. The van der Waals surface area contributed by atoms with E-state index in [2.05, 4.69) is 41.4 Å². The van der Waals surface area contributed by atoms with Crippen molar-refractivity contribution in [1.29, 1.82) is 5.26 Å². The molecular formula is C29H30FN3OS. The monoisotopic (exact) mass is 487 g/mol. The fourth-order valence-corrected chi connectivity index (χ4v) is 6.54. The summed E-state index contributed by atoms with van der Waals surface area (Å²) >= 11 is 1.52. The highest BCUT2D eigenvalue weighted by molar-refractivity contribution is 7.16. The molecule has 4 nitrogen and oxygen atoms in total. The second-order valence-corrected chi connectivity index (χ2v) is 10.9. The van der Waals surface area contributed by atoms with E-state index in [0.29, 0.717) is 30.1 Å². The minimum Gasteiger partial charge on any atom is -0.316 e. The lowest BCUT2D eigenvalue weighted by atomic mass is 9.82. The molecule has 1 amide bonds. The lowest BCUT2D eigenvalue weighted by Crippen LogP contribution is -2.29. The first-order valence-electron chi connectivity index (χ1n) is 12.4. The van der Waals surface area contributed by atoms with Crippen LogP contribution in [0.4, 0.5) is 9.39 Å². The number of aryl methyl sites for hydroxylation is 1. The number of hydrogen-bond acceptors (Lipinski definition) is 4. The van der Waals surface area contributed by atoms with Crippen LogP contribution in [0.15, 0.2) is 42.5 Å². The molecule has 180 valence electrons. The van der Waals surface area contributed by atoms with E-state index in [1.165, 1.54) is 41.4 Å². The molecule has 2 heterocycles. The molecule has 1 aliphatic carbocycles. The molecule has 0 saturated heterocycles. The predicted molar refractivity (Wildman–Crippen MR) is 138 cm³/mol. The molecule has 3 aromatic rings. The van der Waals surface area contributed by atoms with E-state index in [-0.39, 0.29) is 11.7 Å². The van der Waals surface area contributed by atoms with Crippen molar-refractivity contribution in [3.05, 3.63) is 86.5 Å². The van der Waals surface area contributed by atoms with Gasteiger partial charge in [0.1, 0.15) is 16.9 Å². The van der Waals surface area contributed by atoms with Crippen LogP contribution in [-0.2, 0) is 43.6 Å². The average molecular weight is 488 g/mol. The summed E-state index contributed by atoms with van der Waals surface area (Å²) < 4.78 is 13.6. The van der Waals surface area contributed by atoms with E-state index < -0.39 is 0 Å². The summed E-state index contributed by atoms with van der Waals surface area (Å²) in [6.45, 7) is 4.36. The number of benzene rings is 2. The van der Waals surface area contributed by atoms with Gasteiger partial charge in [0.15, 0.2) is 0 Å². The lowest BCUT2D eigenvalue weighted by molar-refractivity contribution is -0.115. The van der Waals surface area contributed by atoms with Gasteiger partial charge in [-0.1, -0.05) is 43.7 Å². The first-order valence-corrected chi connectivity index (χ1v) is 13.3. The Balaban J connectivity index is 1.27. The van der Waals surface area contributed by atoms with Crippen LogP contribution in [0.3, 0.4) is 0 Å². The SMILES string of the molecule is CCC1CCc2ccc(CC(=O)Nc3sc4c(c3C#N)CN(Cc3cccc(F)c3)CC4)cc2C1. The Bertz CT molecular complexity index is 1290. The minimum absolute atomic E-state index is 0.0838. The number of carbonyl (C=O) groups excluding carboxylic acids is 1. The van der Waals surface area contributed by atoms with Crippen LogP contribution in [0.25, 0.3) is 0 Å². The van der Waals surface area contributed by atoms with Gasteiger partial charge >= 0.3 is 0 Å². The number of anilines is 1. The smallest absolute Gasteiger partial charge is 0.229 e. The van der Waals surface area contributed by atoms with Crippen molar-refractivity contribution >= 4 is 22.2 Å². The maximum Gasteiger partial charge on any atom is 0.229 e. The fourth-order valence-electron chi connectivity index (χ4n) is 5.38. The molecule has 1 aromatic heterocycles. The molecule has 0 fully saturated rings. The maximum absolute atomic E-state index is 13.6. The van der Waals surface area contributed by atoms with Gasteiger partial charge in [0, 0.05) is 30.1 Å². The van der Waals surface area contributed by atoms with Crippen LogP contribution in [0.1, 0.15) is 58.0 Å². The fraction of sp³-hybridized carbons (Fsp3) is 0.379. The third kappa shape index (κ3) is 5.32. The van der Waals surface area contributed by atoms with Crippen LogP contribution >= 0.6 is 11.3 Å². The highest BCUT2D eigenvalue weighted by Crippen LogP contribution is 2.37. The van der Waals surface area contributed by atoms with Gasteiger partial charge in [-0.25, -0.2) is 4.39 Å². The molecule has 0 saturated carbocycles. The molecule has 0 radical (unpaired) electrons. The van der Waals surface area contributed by atoms with Crippen molar-refractivity contribution in [2.24, 2.45) is 5.92 Å². The molecule has 0 bridgehead atoms. The number of hydrogen-bond donors (Lipinski definition) is 1. The Morgan fingerprint density at radius 1 is 1.20 bits per heavy atom. The van der Waals surface area contributed by atoms with Crippen LogP contribution in [0.5, 0.6) is 0 Å². The Labute approximate surface area is 210 Å². The quantitative estimate of drug-likeness (QED) is 0.463. The third-order valence-electron chi connectivity index (χ3n) is 7.33. The molecule has 5 rings (SSSR count). The van der Waals surface area contributed by atoms with E-state index in [4.69, 9.17) is 0 Å². The number of carbonyl (C=O) groups is 1. The lowest BCUT2D eigenvalue weighted by Gasteiger charge is -2.27. The number of amides is 1. The van der Waals surface area contributed by atoms with Crippen LogP contribution in [0, 0.1) is 23.1 Å². The van der Waals surface area contributed by atoms with E-state index in [0.717, 1.165) is 53.3 Å². The first-order chi connectivity index (χ1) is 17.0. The molecule has 2 aliphatic rings. The highest BCUT2D eigenvalue weighted by Gasteiger charge is 2.26. The normalized spacial score (nSPS) is 17.3. The topological polar surface area (TPSA) is 56.1 Å². The Morgan fingerprint density at radius 2 is 2.09 bits per heavy atom. The van der Waals surface area contributed by atoms with Crippen molar-refractivity contribution in [3.8, 4) is 6.07 Å². The molecule has 1 unspecified atom stereocenters. The molecule has 35 heavy (non-hydrogen) atoms. The second-order valence-electron chi connectivity index (χ2n) is 9.76. The van der Waals surface area contributed by atoms with Crippen molar-refractivity contribution in [2.45, 2.75) is 58.5 Å². The van der Waals surface area contributed by atoms with E-state index in [9.17, 15) is 14.4 Å². The zero-order valence-corrected chi connectivity index (χ0v) is 20.9. The molecule has 1 aliphatic heterocycles. The summed E-state index contributed by atoms with van der Waals surface area (Å²) in [7, 11) is 0. The van der Waals surface area contributed by atoms with Crippen molar-refractivity contribution in [3.63, 3.8) is 0 Å². The van der Waals surface area contributed by atoms with Gasteiger partial charge < -0.3 is 5.32 Å². The number of halogens is 1. The predicted octanol–water partition coefficient (Wildman–Crippen LogP) is 6.01. The average Bonchev–Trinajstić information content (AvgIpc) is 3.19. The number of thiophene rings is 1.